The van der Waals surface area contributed by atoms with Gasteiger partial charge < -0.3 is 22.2 Å². The van der Waals surface area contributed by atoms with Crippen LogP contribution >= 0.6 is 0 Å². The molecule has 7 N–H and O–H groups in total. The van der Waals surface area contributed by atoms with Crippen LogP contribution in [0, 0.1) is 5.41 Å². The summed E-state index contributed by atoms with van der Waals surface area (Å²) in [5, 5.41) is 18.1. The van der Waals surface area contributed by atoms with Gasteiger partial charge in [0.25, 0.3) is 0 Å². The molecule has 0 aliphatic rings. The van der Waals surface area contributed by atoms with Crippen LogP contribution in [0.15, 0.2) is 48.3 Å². The molecule has 0 fully saturated rings. The van der Waals surface area contributed by atoms with E-state index in [1.54, 1.807) is 12.3 Å². The Labute approximate surface area is 132 Å². The third kappa shape index (κ3) is 3.13. The van der Waals surface area contributed by atoms with Gasteiger partial charge in [-0.15, -0.1) is 0 Å². The van der Waals surface area contributed by atoms with Gasteiger partial charge in [-0.25, -0.2) is 4.98 Å². The highest BCUT2D eigenvalue weighted by Crippen LogP contribution is 2.28. The van der Waals surface area contributed by atoms with Crippen LogP contribution in [-0.2, 0) is 0 Å². The van der Waals surface area contributed by atoms with Crippen molar-refractivity contribution in [2.75, 3.05) is 17.6 Å². The zero-order valence-electron chi connectivity index (χ0n) is 12.4. The molecule has 1 aromatic carbocycles. The van der Waals surface area contributed by atoms with Gasteiger partial charge in [-0.05, 0) is 18.2 Å². The third-order valence-corrected chi connectivity index (χ3v) is 3.42. The molecule has 3 rings (SSSR count). The van der Waals surface area contributed by atoms with E-state index in [9.17, 15) is 0 Å². The lowest BCUT2D eigenvalue weighted by atomic mass is 10.1. The maximum atomic E-state index is 7.03. The van der Waals surface area contributed by atoms with E-state index < -0.39 is 0 Å². The van der Waals surface area contributed by atoms with Gasteiger partial charge in [0.05, 0.1) is 17.8 Å². The van der Waals surface area contributed by atoms with E-state index in [2.05, 4.69) is 20.5 Å². The van der Waals surface area contributed by atoms with E-state index >= 15 is 0 Å². The Bertz CT molecular complexity index is 866. The summed E-state index contributed by atoms with van der Waals surface area (Å²) in [7, 11) is 0. The fourth-order valence-corrected chi connectivity index (χ4v) is 2.34. The number of benzene rings is 1. The predicted octanol–water partition coefficient (Wildman–Crippen LogP) is 2.11. The van der Waals surface area contributed by atoms with E-state index in [0.717, 1.165) is 34.1 Å². The van der Waals surface area contributed by atoms with Crippen LogP contribution in [0.2, 0.25) is 0 Å². The van der Waals surface area contributed by atoms with Crippen LogP contribution in [0.5, 0.6) is 0 Å². The predicted molar refractivity (Wildman–Crippen MR) is 93.3 cm³/mol. The van der Waals surface area contributed by atoms with Crippen LogP contribution in [0.1, 0.15) is 0 Å². The van der Waals surface area contributed by atoms with Gasteiger partial charge in [-0.3, -0.25) is 5.10 Å². The summed E-state index contributed by atoms with van der Waals surface area (Å²) >= 11 is 0. The van der Waals surface area contributed by atoms with Crippen LogP contribution in [0.4, 0.5) is 11.5 Å². The molecule has 0 aliphatic heterocycles. The molecule has 23 heavy (non-hydrogen) atoms. The summed E-state index contributed by atoms with van der Waals surface area (Å²) < 4.78 is 0. The molecule has 7 nitrogen and oxygen atoms in total. The fraction of sp³-hybridized carbons (Fsp3) is 0.0625. The molecule has 3 aromatic rings. The Morgan fingerprint density at radius 1 is 1.30 bits per heavy atom. The average Bonchev–Trinajstić information content (AvgIpc) is 3.06. The lowest BCUT2D eigenvalue weighted by Gasteiger charge is -2.11. The number of H-pyrrole nitrogens is 1. The highest BCUT2D eigenvalue weighted by molar-refractivity contribution is 5.95. The fourth-order valence-electron chi connectivity index (χ4n) is 2.34. The SMILES string of the molecule is N=C/C=C(\N)CNc1cc(N)nc2cc(-c3ccn[nH]3)ccc12. The van der Waals surface area contributed by atoms with Crippen molar-refractivity contribution in [2.45, 2.75) is 0 Å². The number of hydrogen-bond acceptors (Lipinski definition) is 6. The summed E-state index contributed by atoms with van der Waals surface area (Å²) in [6.45, 7) is 0.427. The van der Waals surface area contributed by atoms with E-state index in [1.165, 1.54) is 6.08 Å². The maximum Gasteiger partial charge on any atom is 0.126 e. The second-order valence-electron chi connectivity index (χ2n) is 5.06. The number of allylic oxidation sites excluding steroid dienone is 1. The van der Waals surface area contributed by atoms with Crippen LogP contribution in [-0.4, -0.2) is 27.9 Å². The topological polar surface area (TPSA) is 129 Å². The van der Waals surface area contributed by atoms with E-state index in [4.69, 9.17) is 16.9 Å². The molecule has 0 unspecified atom stereocenters. The monoisotopic (exact) mass is 307 g/mol. The minimum absolute atomic E-state index is 0.427. The second-order valence-corrected chi connectivity index (χ2v) is 5.06. The van der Waals surface area contributed by atoms with E-state index in [-0.39, 0.29) is 0 Å². The molecule has 0 saturated heterocycles. The zero-order chi connectivity index (χ0) is 16.2. The first-order valence-corrected chi connectivity index (χ1v) is 7.06. The average molecular weight is 307 g/mol. The van der Waals surface area contributed by atoms with Crippen molar-refractivity contribution >= 4 is 28.6 Å². The summed E-state index contributed by atoms with van der Waals surface area (Å²) in [5.74, 6) is 0.427. The van der Waals surface area contributed by atoms with Gasteiger partial charge in [0.15, 0.2) is 0 Å². The lowest BCUT2D eigenvalue weighted by molar-refractivity contribution is 1.10. The number of rotatable bonds is 5. The van der Waals surface area contributed by atoms with Gasteiger partial charge in [-0.2, -0.15) is 5.10 Å². The Hall–Kier alpha value is -3.35. The molecule has 2 aromatic heterocycles. The van der Waals surface area contributed by atoms with Gasteiger partial charge >= 0.3 is 0 Å². The molecule has 0 aliphatic carbocycles. The number of anilines is 2. The van der Waals surface area contributed by atoms with Crippen LogP contribution in [0.25, 0.3) is 22.2 Å². The lowest BCUT2D eigenvalue weighted by Crippen LogP contribution is -2.12. The Morgan fingerprint density at radius 3 is 2.91 bits per heavy atom. The van der Waals surface area contributed by atoms with Gasteiger partial charge in [0.1, 0.15) is 5.82 Å². The smallest absolute Gasteiger partial charge is 0.126 e. The number of fused-ring (bicyclic) bond motifs is 1. The van der Waals surface area contributed by atoms with Gasteiger partial charge in [0, 0.05) is 40.8 Å². The minimum Gasteiger partial charge on any atom is -0.401 e. The van der Waals surface area contributed by atoms with Crippen molar-refractivity contribution in [3.8, 4) is 11.3 Å². The Morgan fingerprint density at radius 2 is 2.17 bits per heavy atom. The van der Waals surface area contributed by atoms with E-state index in [1.807, 2.05) is 24.3 Å². The third-order valence-electron chi connectivity index (χ3n) is 3.42. The van der Waals surface area contributed by atoms with Crippen molar-refractivity contribution in [1.29, 1.82) is 5.41 Å². The number of nitrogens with zero attached hydrogens (tertiary/aromatic N) is 2. The number of aromatic amines is 1. The number of nitrogens with one attached hydrogen (secondary N) is 3. The minimum atomic E-state index is 0.427. The molecular formula is C16H17N7. The summed E-state index contributed by atoms with van der Waals surface area (Å²) in [5.41, 5.74) is 15.8. The Kier molecular flexibility index (Phi) is 3.92. The molecule has 0 spiro atoms. The summed E-state index contributed by atoms with van der Waals surface area (Å²) in [4.78, 5) is 4.39. The number of pyridine rings is 1. The Balaban J connectivity index is 1.99. The van der Waals surface area contributed by atoms with Crippen LogP contribution in [0.3, 0.4) is 0 Å². The quantitative estimate of drug-likeness (QED) is 0.461. The first kappa shape index (κ1) is 14.6. The van der Waals surface area contributed by atoms with Crippen molar-refractivity contribution in [2.24, 2.45) is 5.73 Å². The van der Waals surface area contributed by atoms with E-state index in [0.29, 0.717) is 18.1 Å². The first-order valence-electron chi connectivity index (χ1n) is 7.06. The normalized spacial score (nSPS) is 11.6. The molecule has 0 atom stereocenters. The number of hydrogen-bond donors (Lipinski definition) is 5. The second kappa shape index (κ2) is 6.18. The van der Waals surface area contributed by atoms with Crippen LogP contribution < -0.4 is 16.8 Å². The molecule has 0 amide bonds. The molecular weight excluding hydrogens is 290 g/mol. The van der Waals surface area contributed by atoms with Crippen molar-refractivity contribution in [3.63, 3.8) is 0 Å². The number of nitrogen functional groups attached to an aromatic ring is 1. The van der Waals surface area contributed by atoms with Crippen molar-refractivity contribution in [3.05, 3.63) is 48.3 Å². The van der Waals surface area contributed by atoms with Crippen molar-refractivity contribution < 1.29 is 0 Å². The van der Waals surface area contributed by atoms with Gasteiger partial charge in [0.2, 0.25) is 0 Å². The molecule has 2 heterocycles. The van der Waals surface area contributed by atoms with Crippen molar-refractivity contribution in [1.82, 2.24) is 15.2 Å². The molecule has 116 valence electrons. The molecule has 0 bridgehead atoms. The van der Waals surface area contributed by atoms with Gasteiger partial charge in [-0.1, -0.05) is 12.1 Å². The molecule has 0 saturated carbocycles. The standard InChI is InChI=1S/C16H17N7/c17-5-3-11(18)9-20-14-8-16(19)22-15-7-10(1-2-12(14)15)13-4-6-21-23-13/h1-8,17H,9,18H2,(H,21,23)(H3,19,20,22)/b11-3-,17-5?. The number of aromatic nitrogens is 3. The molecule has 0 radical (unpaired) electrons. The summed E-state index contributed by atoms with van der Waals surface area (Å²) in [6.07, 6.45) is 4.40. The highest BCUT2D eigenvalue weighted by atomic mass is 15.1. The maximum absolute atomic E-state index is 7.03. The zero-order valence-corrected chi connectivity index (χ0v) is 12.4. The molecule has 7 heteroatoms. The highest BCUT2D eigenvalue weighted by Gasteiger charge is 2.07. The number of nitrogens with two attached hydrogens (primary N) is 2. The first-order chi connectivity index (χ1) is 11.2. The summed E-state index contributed by atoms with van der Waals surface area (Å²) in [6, 6.07) is 9.61. The largest absolute Gasteiger partial charge is 0.401 e.